The molecule has 0 bridgehead atoms. The number of nitrogens with zero attached hydrogens (tertiary/aromatic N) is 6. The number of pyridine rings is 1. The minimum Gasteiger partial charge on any atom is -0.483 e. The van der Waals surface area contributed by atoms with Crippen molar-refractivity contribution in [3.63, 3.8) is 0 Å². The summed E-state index contributed by atoms with van der Waals surface area (Å²) in [5, 5.41) is 6.89. The molecule has 1 aromatic carbocycles. The average molecular weight is 516 g/mol. The van der Waals surface area contributed by atoms with E-state index in [2.05, 4.69) is 37.8 Å². The summed E-state index contributed by atoms with van der Waals surface area (Å²) in [4.78, 5) is 54.5. The molecule has 2 aliphatic heterocycles. The molecule has 0 spiro atoms. The monoisotopic (exact) mass is 515 g/mol. The Kier molecular flexibility index (Phi) is 7.16. The van der Waals surface area contributed by atoms with Crippen LogP contribution in [-0.2, 0) is 11.2 Å². The van der Waals surface area contributed by atoms with Gasteiger partial charge in [0.15, 0.2) is 5.65 Å². The number of benzene rings is 1. The van der Waals surface area contributed by atoms with Gasteiger partial charge in [0.25, 0.3) is 12.4 Å². The van der Waals surface area contributed by atoms with E-state index in [9.17, 15) is 9.59 Å². The Labute approximate surface area is 218 Å². The molecule has 3 aromatic heterocycles. The SMILES string of the molecule is CCC1Cc2ccccc2N1C(=O)c1cc(N2CCC(n3c(=O)[nH]c4ncccc43)CC2)ncn1.O=CO. The second-order valence-electron chi connectivity index (χ2n) is 9.33. The molecule has 11 nitrogen and oxygen atoms in total. The summed E-state index contributed by atoms with van der Waals surface area (Å²) in [5.74, 6) is 0.661. The second kappa shape index (κ2) is 10.8. The van der Waals surface area contributed by atoms with E-state index >= 15 is 0 Å². The largest absolute Gasteiger partial charge is 0.483 e. The van der Waals surface area contributed by atoms with Gasteiger partial charge in [0.05, 0.1) is 5.52 Å². The highest BCUT2D eigenvalue weighted by Gasteiger charge is 2.34. The summed E-state index contributed by atoms with van der Waals surface area (Å²) in [6.07, 6.45) is 6.51. The topological polar surface area (TPSA) is 137 Å². The first-order chi connectivity index (χ1) is 18.5. The van der Waals surface area contributed by atoms with Crippen molar-refractivity contribution in [1.29, 1.82) is 0 Å². The number of amides is 1. The minimum absolute atomic E-state index is 0.0850. The maximum absolute atomic E-state index is 13.6. The molecule has 1 saturated heterocycles. The maximum atomic E-state index is 13.6. The number of fused-ring (bicyclic) bond motifs is 2. The highest BCUT2D eigenvalue weighted by molar-refractivity contribution is 6.06. The van der Waals surface area contributed by atoms with E-state index in [1.165, 1.54) is 11.9 Å². The summed E-state index contributed by atoms with van der Waals surface area (Å²) >= 11 is 0. The molecule has 11 heteroatoms. The number of carboxylic acid groups (broad SMARTS) is 1. The van der Waals surface area contributed by atoms with E-state index in [1.54, 1.807) is 12.3 Å². The molecule has 1 atom stereocenters. The molecule has 2 N–H and O–H groups in total. The van der Waals surface area contributed by atoms with Crippen molar-refractivity contribution in [3.8, 4) is 0 Å². The molecule has 38 heavy (non-hydrogen) atoms. The van der Waals surface area contributed by atoms with Crippen LogP contribution in [0.1, 0.15) is 48.3 Å². The molecular weight excluding hydrogens is 486 g/mol. The number of nitrogens with one attached hydrogen (secondary N) is 1. The summed E-state index contributed by atoms with van der Waals surface area (Å²) in [6, 6.07) is 13.9. The number of H-pyrrole nitrogens is 1. The Balaban J connectivity index is 0.000000937. The average Bonchev–Trinajstić information content (AvgIpc) is 3.50. The molecule has 1 amide bonds. The van der Waals surface area contributed by atoms with Crippen LogP contribution in [0.15, 0.2) is 59.8 Å². The normalized spacial score (nSPS) is 17.1. The predicted octanol–water partition coefficient (Wildman–Crippen LogP) is 3.04. The first-order valence-electron chi connectivity index (χ1n) is 12.7. The van der Waals surface area contributed by atoms with Crippen molar-refractivity contribution in [1.82, 2.24) is 24.5 Å². The van der Waals surface area contributed by atoms with Gasteiger partial charge in [-0.15, -0.1) is 0 Å². The number of aromatic nitrogens is 5. The van der Waals surface area contributed by atoms with Crippen LogP contribution in [0.2, 0.25) is 0 Å². The van der Waals surface area contributed by atoms with Crippen molar-refractivity contribution in [2.75, 3.05) is 22.9 Å². The second-order valence-corrected chi connectivity index (χ2v) is 9.33. The molecule has 0 aliphatic carbocycles. The first-order valence-corrected chi connectivity index (χ1v) is 12.7. The van der Waals surface area contributed by atoms with Crippen LogP contribution in [0.3, 0.4) is 0 Å². The van der Waals surface area contributed by atoms with Crippen molar-refractivity contribution in [2.24, 2.45) is 0 Å². The van der Waals surface area contributed by atoms with Crippen LogP contribution in [0.25, 0.3) is 11.2 Å². The maximum Gasteiger partial charge on any atom is 0.327 e. The fourth-order valence-corrected chi connectivity index (χ4v) is 5.50. The van der Waals surface area contributed by atoms with Gasteiger partial charge in [-0.3, -0.25) is 19.1 Å². The van der Waals surface area contributed by atoms with Gasteiger partial charge in [-0.05, 0) is 49.4 Å². The van der Waals surface area contributed by atoms with E-state index in [0.29, 0.717) is 11.3 Å². The number of imidazole rings is 1. The van der Waals surface area contributed by atoms with Crippen LogP contribution in [0.5, 0.6) is 0 Å². The number of aromatic amines is 1. The van der Waals surface area contributed by atoms with Gasteiger partial charge < -0.3 is 14.9 Å². The van der Waals surface area contributed by atoms with Crippen LogP contribution in [-0.4, -0.2) is 61.1 Å². The van der Waals surface area contributed by atoms with Crippen LogP contribution >= 0.6 is 0 Å². The van der Waals surface area contributed by atoms with E-state index < -0.39 is 0 Å². The van der Waals surface area contributed by atoms with Crippen LogP contribution in [0.4, 0.5) is 11.5 Å². The lowest BCUT2D eigenvalue weighted by Crippen LogP contribution is -2.39. The van der Waals surface area contributed by atoms with Crippen LogP contribution in [0, 0.1) is 0 Å². The summed E-state index contributed by atoms with van der Waals surface area (Å²) < 4.78 is 1.82. The van der Waals surface area contributed by atoms with Gasteiger partial charge in [0, 0.05) is 43.1 Å². The summed E-state index contributed by atoms with van der Waals surface area (Å²) in [7, 11) is 0. The fourth-order valence-electron chi connectivity index (χ4n) is 5.50. The van der Waals surface area contributed by atoms with E-state index in [0.717, 1.165) is 55.8 Å². The number of hydrogen-bond donors (Lipinski definition) is 2. The molecule has 1 fully saturated rings. The van der Waals surface area contributed by atoms with E-state index in [1.807, 2.05) is 39.8 Å². The van der Waals surface area contributed by atoms with Crippen molar-refractivity contribution >= 4 is 35.0 Å². The lowest BCUT2D eigenvalue weighted by molar-refractivity contribution is -0.122. The molecule has 0 radical (unpaired) electrons. The Bertz CT molecular complexity index is 1510. The third-order valence-corrected chi connectivity index (χ3v) is 7.28. The van der Waals surface area contributed by atoms with Crippen molar-refractivity contribution in [2.45, 2.75) is 44.7 Å². The number of para-hydroxylation sites is 1. The number of rotatable bonds is 4. The quantitative estimate of drug-likeness (QED) is 0.396. The standard InChI is InChI=1S/C26H27N7O2.CH2O2/c1-2-18-14-17-6-3-4-7-21(17)32(18)25(34)20-15-23(29-16-28-20)31-12-9-19(10-13-31)33-22-8-5-11-27-24(22)30-26(33)35;2-1-3/h3-8,11,15-16,18-19H,2,9-10,12-14H2,1H3,(H,27,30,35);1H,(H,2,3). The molecule has 2 aliphatic rings. The van der Waals surface area contributed by atoms with Gasteiger partial charge >= 0.3 is 5.69 Å². The summed E-state index contributed by atoms with van der Waals surface area (Å²) in [5.41, 5.74) is 3.92. The molecule has 0 saturated carbocycles. The zero-order valence-corrected chi connectivity index (χ0v) is 21.0. The van der Waals surface area contributed by atoms with Gasteiger partial charge in [0.2, 0.25) is 0 Å². The molecule has 6 rings (SSSR count). The van der Waals surface area contributed by atoms with Crippen LogP contribution < -0.4 is 15.5 Å². The van der Waals surface area contributed by atoms with Gasteiger partial charge in [-0.2, -0.15) is 0 Å². The number of hydrogen-bond acceptors (Lipinski definition) is 7. The number of carbonyl (C=O) groups is 2. The Morgan fingerprint density at radius 3 is 2.66 bits per heavy atom. The molecular formula is C27H29N7O4. The number of carbonyl (C=O) groups excluding carboxylic acids is 1. The third-order valence-electron chi connectivity index (χ3n) is 7.28. The lowest BCUT2D eigenvalue weighted by Gasteiger charge is -2.33. The first kappa shape index (κ1) is 25.1. The fraction of sp³-hybridized carbons (Fsp3) is 0.333. The van der Waals surface area contributed by atoms with Gasteiger partial charge in [0.1, 0.15) is 17.8 Å². The van der Waals surface area contributed by atoms with Crippen molar-refractivity contribution in [3.05, 3.63) is 76.7 Å². The highest BCUT2D eigenvalue weighted by atomic mass is 16.3. The molecule has 196 valence electrons. The van der Waals surface area contributed by atoms with E-state index in [-0.39, 0.29) is 30.2 Å². The highest BCUT2D eigenvalue weighted by Crippen LogP contribution is 2.34. The van der Waals surface area contributed by atoms with Gasteiger partial charge in [-0.25, -0.2) is 19.7 Å². The third kappa shape index (κ3) is 4.62. The number of anilines is 2. The Morgan fingerprint density at radius 2 is 1.89 bits per heavy atom. The minimum atomic E-state index is -0.250. The predicted molar refractivity (Wildman–Crippen MR) is 143 cm³/mol. The molecule has 4 aromatic rings. The van der Waals surface area contributed by atoms with E-state index in [4.69, 9.17) is 9.90 Å². The Hall–Kier alpha value is -4.54. The van der Waals surface area contributed by atoms with Gasteiger partial charge in [-0.1, -0.05) is 25.1 Å². The summed E-state index contributed by atoms with van der Waals surface area (Å²) in [6.45, 7) is 3.33. The zero-order valence-electron chi connectivity index (χ0n) is 21.0. The Morgan fingerprint density at radius 1 is 1.13 bits per heavy atom. The molecule has 1 unspecified atom stereocenters. The molecule has 5 heterocycles. The number of piperidine rings is 1. The zero-order chi connectivity index (χ0) is 26.6. The van der Waals surface area contributed by atoms with Crippen molar-refractivity contribution < 1.29 is 14.7 Å². The smallest absolute Gasteiger partial charge is 0.327 e. The lowest BCUT2D eigenvalue weighted by atomic mass is 10.0.